The molecular formula is C8H11NO5. The molecule has 0 saturated carbocycles. The molecule has 0 fully saturated rings. The Bertz CT molecular complexity index is 258. The van der Waals surface area contributed by atoms with Crippen molar-refractivity contribution in [3.63, 3.8) is 0 Å². The maximum atomic E-state index is 10.8. The fourth-order valence-electron chi connectivity index (χ4n) is 0.577. The number of carboxylic acids is 1. The van der Waals surface area contributed by atoms with Crippen molar-refractivity contribution >= 4 is 17.8 Å². The summed E-state index contributed by atoms with van der Waals surface area (Å²) < 4.78 is 4.52. The van der Waals surface area contributed by atoms with Crippen LogP contribution in [0.5, 0.6) is 0 Å². The molecule has 1 amide bonds. The van der Waals surface area contributed by atoms with E-state index >= 15 is 0 Å². The fourth-order valence-corrected chi connectivity index (χ4v) is 0.577. The highest BCUT2D eigenvalue weighted by molar-refractivity contribution is 5.95. The summed E-state index contributed by atoms with van der Waals surface area (Å²) in [5.41, 5.74) is 0. The minimum absolute atomic E-state index is 0.236. The zero-order valence-corrected chi connectivity index (χ0v) is 7.65. The highest BCUT2D eigenvalue weighted by Gasteiger charge is 2.02. The highest BCUT2D eigenvalue weighted by Crippen LogP contribution is 1.77. The first-order chi connectivity index (χ1) is 6.56. The summed E-state index contributed by atoms with van der Waals surface area (Å²) in [5, 5.41) is 10.3. The topological polar surface area (TPSA) is 92.7 Å². The first-order valence-electron chi connectivity index (χ1n) is 3.90. The van der Waals surface area contributed by atoms with Crippen molar-refractivity contribution in [2.24, 2.45) is 0 Å². The summed E-state index contributed by atoms with van der Waals surface area (Å²) >= 11 is 0. The smallest absolute Gasteiger partial charge is 0.328 e. The van der Waals surface area contributed by atoms with Crippen LogP contribution in [0.4, 0.5) is 0 Å². The van der Waals surface area contributed by atoms with Crippen LogP contribution < -0.4 is 5.32 Å². The van der Waals surface area contributed by atoms with E-state index in [0.717, 1.165) is 6.08 Å². The van der Waals surface area contributed by atoms with Gasteiger partial charge in [-0.25, -0.2) is 4.79 Å². The van der Waals surface area contributed by atoms with Gasteiger partial charge in [-0.05, 0) is 6.92 Å². The third-order valence-corrected chi connectivity index (χ3v) is 1.09. The number of hydrogen-bond donors (Lipinski definition) is 2. The lowest BCUT2D eigenvalue weighted by atomic mass is 10.4. The molecule has 0 aromatic carbocycles. The van der Waals surface area contributed by atoms with E-state index in [-0.39, 0.29) is 13.2 Å². The van der Waals surface area contributed by atoms with E-state index in [1.807, 2.05) is 0 Å². The van der Waals surface area contributed by atoms with E-state index in [1.54, 1.807) is 6.92 Å². The molecule has 0 aromatic rings. The van der Waals surface area contributed by atoms with E-state index in [1.165, 1.54) is 0 Å². The Labute approximate surface area is 80.5 Å². The molecule has 0 spiro atoms. The molecule has 0 radical (unpaired) electrons. The van der Waals surface area contributed by atoms with E-state index in [0.29, 0.717) is 6.08 Å². The summed E-state index contributed by atoms with van der Waals surface area (Å²) in [6, 6.07) is 0. The van der Waals surface area contributed by atoms with Crippen LogP contribution in [0.15, 0.2) is 12.2 Å². The lowest BCUT2D eigenvalue weighted by Crippen LogP contribution is -2.29. The summed E-state index contributed by atoms with van der Waals surface area (Å²) in [5.74, 6) is -2.44. The SMILES string of the molecule is CCOC(=O)CNC(=O)/C=C\C(=O)O. The minimum atomic E-state index is -1.23. The van der Waals surface area contributed by atoms with Gasteiger partial charge >= 0.3 is 11.9 Å². The predicted octanol–water partition coefficient (Wildman–Crippen LogP) is -0.694. The Morgan fingerprint density at radius 2 is 2.00 bits per heavy atom. The number of esters is 1. The quantitative estimate of drug-likeness (QED) is 0.453. The maximum absolute atomic E-state index is 10.8. The van der Waals surface area contributed by atoms with Crippen LogP contribution in [-0.4, -0.2) is 36.1 Å². The molecule has 0 unspecified atom stereocenters. The number of carbonyl (C=O) groups is 3. The summed E-state index contributed by atoms with van der Waals surface area (Å²) in [6.45, 7) is 1.61. The van der Waals surface area contributed by atoms with Crippen molar-refractivity contribution in [1.82, 2.24) is 5.32 Å². The second-order valence-corrected chi connectivity index (χ2v) is 2.19. The lowest BCUT2D eigenvalue weighted by molar-refractivity contribution is -0.143. The summed E-state index contributed by atoms with van der Waals surface area (Å²) in [7, 11) is 0. The third-order valence-electron chi connectivity index (χ3n) is 1.09. The standard InChI is InChI=1S/C8H11NO5/c1-2-14-8(13)5-9-6(10)3-4-7(11)12/h3-4H,2,5H2,1H3,(H,9,10)(H,11,12)/b4-3-. The molecule has 0 aliphatic heterocycles. The number of hydrogen-bond acceptors (Lipinski definition) is 4. The number of amides is 1. The van der Waals surface area contributed by atoms with Gasteiger partial charge in [-0.3, -0.25) is 9.59 Å². The molecular weight excluding hydrogens is 190 g/mol. The van der Waals surface area contributed by atoms with Crippen LogP contribution in [0, 0.1) is 0 Å². The average molecular weight is 201 g/mol. The third kappa shape index (κ3) is 6.84. The van der Waals surface area contributed by atoms with Gasteiger partial charge in [0.05, 0.1) is 6.61 Å². The van der Waals surface area contributed by atoms with Gasteiger partial charge in [-0.1, -0.05) is 0 Å². The Kier molecular flexibility index (Phi) is 5.77. The Balaban J connectivity index is 3.74. The number of nitrogens with one attached hydrogen (secondary N) is 1. The van der Waals surface area contributed by atoms with Gasteiger partial charge in [0.2, 0.25) is 5.91 Å². The van der Waals surface area contributed by atoms with E-state index in [4.69, 9.17) is 5.11 Å². The lowest BCUT2D eigenvalue weighted by Gasteiger charge is -2.01. The van der Waals surface area contributed by atoms with Crippen molar-refractivity contribution in [3.8, 4) is 0 Å². The minimum Gasteiger partial charge on any atom is -0.478 e. The number of carbonyl (C=O) groups excluding carboxylic acids is 2. The highest BCUT2D eigenvalue weighted by atomic mass is 16.5. The van der Waals surface area contributed by atoms with Crippen molar-refractivity contribution in [2.75, 3.05) is 13.2 Å². The van der Waals surface area contributed by atoms with Gasteiger partial charge in [0, 0.05) is 12.2 Å². The van der Waals surface area contributed by atoms with Gasteiger partial charge in [0.15, 0.2) is 0 Å². The van der Waals surface area contributed by atoms with Crippen molar-refractivity contribution in [1.29, 1.82) is 0 Å². The Morgan fingerprint density at radius 3 is 2.50 bits per heavy atom. The second kappa shape index (κ2) is 6.64. The average Bonchev–Trinajstić information content (AvgIpc) is 2.12. The van der Waals surface area contributed by atoms with E-state index in [2.05, 4.69) is 10.1 Å². The number of ether oxygens (including phenoxy) is 1. The predicted molar refractivity (Wildman–Crippen MR) is 46.4 cm³/mol. The molecule has 0 aliphatic rings. The summed E-state index contributed by atoms with van der Waals surface area (Å²) in [4.78, 5) is 31.5. The van der Waals surface area contributed by atoms with Crippen molar-refractivity contribution in [2.45, 2.75) is 6.92 Å². The van der Waals surface area contributed by atoms with Crippen LogP contribution in [0.2, 0.25) is 0 Å². The van der Waals surface area contributed by atoms with Gasteiger partial charge in [0.25, 0.3) is 0 Å². The fraction of sp³-hybridized carbons (Fsp3) is 0.375. The molecule has 6 nitrogen and oxygen atoms in total. The van der Waals surface area contributed by atoms with Crippen molar-refractivity contribution in [3.05, 3.63) is 12.2 Å². The molecule has 6 heteroatoms. The zero-order chi connectivity index (χ0) is 11.0. The normalized spacial score (nSPS) is 9.79. The molecule has 0 aromatic heterocycles. The molecule has 0 saturated heterocycles. The molecule has 0 bridgehead atoms. The number of rotatable bonds is 5. The van der Waals surface area contributed by atoms with Crippen LogP contribution in [-0.2, 0) is 19.1 Å². The van der Waals surface area contributed by atoms with Crippen LogP contribution in [0.1, 0.15) is 6.92 Å². The molecule has 0 atom stereocenters. The largest absolute Gasteiger partial charge is 0.478 e. The van der Waals surface area contributed by atoms with Gasteiger partial charge in [-0.2, -0.15) is 0 Å². The first kappa shape index (κ1) is 12.2. The van der Waals surface area contributed by atoms with Crippen LogP contribution >= 0.6 is 0 Å². The molecule has 0 aliphatic carbocycles. The number of aliphatic carboxylic acids is 1. The Hall–Kier alpha value is -1.85. The molecule has 0 heterocycles. The van der Waals surface area contributed by atoms with E-state index < -0.39 is 17.8 Å². The molecule has 0 rings (SSSR count). The molecule has 2 N–H and O–H groups in total. The first-order valence-corrected chi connectivity index (χ1v) is 3.90. The summed E-state index contributed by atoms with van der Waals surface area (Å²) in [6.07, 6.45) is 1.50. The second-order valence-electron chi connectivity index (χ2n) is 2.19. The van der Waals surface area contributed by atoms with Crippen LogP contribution in [0.25, 0.3) is 0 Å². The number of carboxylic acid groups (broad SMARTS) is 1. The zero-order valence-electron chi connectivity index (χ0n) is 7.65. The van der Waals surface area contributed by atoms with Gasteiger partial charge < -0.3 is 15.2 Å². The van der Waals surface area contributed by atoms with Crippen molar-refractivity contribution < 1.29 is 24.2 Å². The van der Waals surface area contributed by atoms with Crippen LogP contribution in [0.3, 0.4) is 0 Å². The van der Waals surface area contributed by atoms with Gasteiger partial charge in [0.1, 0.15) is 6.54 Å². The molecule has 14 heavy (non-hydrogen) atoms. The van der Waals surface area contributed by atoms with E-state index in [9.17, 15) is 14.4 Å². The molecule has 78 valence electrons. The van der Waals surface area contributed by atoms with Gasteiger partial charge in [-0.15, -0.1) is 0 Å². The Morgan fingerprint density at radius 1 is 1.36 bits per heavy atom. The monoisotopic (exact) mass is 201 g/mol. The maximum Gasteiger partial charge on any atom is 0.328 e.